The van der Waals surface area contributed by atoms with Gasteiger partial charge in [0, 0.05) is 6.04 Å². The molecule has 1 fully saturated rings. The van der Waals surface area contributed by atoms with Crippen molar-refractivity contribution in [2.75, 3.05) is 0 Å². The molecule has 1 aromatic carbocycles. The van der Waals surface area contributed by atoms with E-state index in [2.05, 4.69) is 36.6 Å². The Morgan fingerprint density at radius 1 is 1.30 bits per heavy atom. The monoisotopic (exact) mass is 290 g/mol. The number of para-hydroxylation sites is 1. The fourth-order valence-electron chi connectivity index (χ4n) is 3.82. The Morgan fingerprint density at radius 2 is 2.10 bits per heavy atom. The number of fused-ring (bicyclic) bond motifs is 1. The van der Waals surface area contributed by atoms with Crippen molar-refractivity contribution in [2.24, 2.45) is 5.92 Å². The first kappa shape index (κ1) is 13.9. The summed E-state index contributed by atoms with van der Waals surface area (Å²) in [7, 11) is 0. The lowest BCUT2D eigenvalue weighted by molar-refractivity contribution is 0.234. The molecule has 2 atom stereocenters. The van der Waals surface area contributed by atoms with Gasteiger partial charge in [-0.25, -0.2) is 4.98 Å². The van der Waals surface area contributed by atoms with Crippen molar-refractivity contribution in [3.8, 4) is 0 Å². The van der Waals surface area contributed by atoms with Gasteiger partial charge in [0.2, 0.25) is 0 Å². The minimum absolute atomic E-state index is 0.501. The maximum absolute atomic E-state index is 6.18. The number of rotatable bonds is 3. The number of aryl methyl sites for hydroxylation is 1. The predicted molar refractivity (Wildman–Crippen MR) is 85.3 cm³/mol. The van der Waals surface area contributed by atoms with Crippen molar-refractivity contribution in [1.29, 1.82) is 0 Å². The molecule has 0 amide bonds. The molecule has 1 aliphatic carbocycles. The SMILES string of the molecule is CCC1CCCCC1n1c(CCl)nc2cccc(C)c21. The van der Waals surface area contributed by atoms with Crippen LogP contribution in [0.25, 0.3) is 11.0 Å². The summed E-state index contributed by atoms with van der Waals surface area (Å²) in [6.45, 7) is 4.50. The van der Waals surface area contributed by atoms with Gasteiger partial charge in [-0.15, -0.1) is 11.6 Å². The molecule has 0 saturated heterocycles. The molecule has 108 valence electrons. The molecule has 20 heavy (non-hydrogen) atoms. The average molecular weight is 291 g/mol. The van der Waals surface area contributed by atoms with Gasteiger partial charge < -0.3 is 4.57 Å². The number of imidazole rings is 1. The molecular weight excluding hydrogens is 268 g/mol. The van der Waals surface area contributed by atoms with Crippen LogP contribution in [0, 0.1) is 12.8 Å². The van der Waals surface area contributed by atoms with E-state index in [-0.39, 0.29) is 0 Å². The molecule has 0 aliphatic heterocycles. The van der Waals surface area contributed by atoms with E-state index in [1.54, 1.807) is 0 Å². The number of benzene rings is 1. The molecule has 1 aliphatic rings. The van der Waals surface area contributed by atoms with Crippen LogP contribution in [0.4, 0.5) is 0 Å². The Kier molecular flexibility index (Phi) is 4.02. The standard InChI is InChI=1S/C17H23ClN2/c1-3-13-8-4-5-10-15(13)20-16(11-18)19-14-9-6-7-12(2)17(14)20/h6-7,9,13,15H,3-5,8,10-11H2,1-2H3. The van der Waals surface area contributed by atoms with Crippen LogP contribution in [0.5, 0.6) is 0 Å². The van der Waals surface area contributed by atoms with Crippen LogP contribution in [0.1, 0.15) is 56.5 Å². The van der Waals surface area contributed by atoms with Crippen molar-refractivity contribution in [3.63, 3.8) is 0 Å². The van der Waals surface area contributed by atoms with E-state index in [9.17, 15) is 0 Å². The third-order valence-corrected chi connectivity index (χ3v) is 5.07. The molecule has 3 rings (SSSR count). The number of nitrogens with zero attached hydrogens (tertiary/aromatic N) is 2. The molecule has 2 aromatic rings. The molecule has 2 unspecified atom stereocenters. The summed E-state index contributed by atoms with van der Waals surface area (Å²) >= 11 is 6.18. The quantitative estimate of drug-likeness (QED) is 0.708. The Bertz CT molecular complexity index is 602. The van der Waals surface area contributed by atoms with Gasteiger partial charge in [0.25, 0.3) is 0 Å². The second kappa shape index (κ2) is 5.77. The number of alkyl halides is 1. The largest absolute Gasteiger partial charge is 0.323 e. The molecule has 1 saturated carbocycles. The summed E-state index contributed by atoms with van der Waals surface area (Å²) < 4.78 is 2.46. The van der Waals surface area contributed by atoms with Crippen LogP contribution in [0.3, 0.4) is 0 Å². The normalized spacial score (nSPS) is 23.4. The third-order valence-electron chi connectivity index (χ3n) is 4.83. The summed E-state index contributed by atoms with van der Waals surface area (Å²) in [5, 5.41) is 0. The highest BCUT2D eigenvalue weighted by Crippen LogP contribution is 2.39. The molecular formula is C17H23ClN2. The average Bonchev–Trinajstić information content (AvgIpc) is 2.87. The van der Waals surface area contributed by atoms with E-state index in [1.807, 2.05) is 0 Å². The van der Waals surface area contributed by atoms with Crippen molar-refractivity contribution in [1.82, 2.24) is 9.55 Å². The molecule has 0 radical (unpaired) electrons. The highest BCUT2D eigenvalue weighted by molar-refractivity contribution is 6.16. The van der Waals surface area contributed by atoms with Gasteiger partial charge >= 0.3 is 0 Å². The first-order chi connectivity index (χ1) is 9.76. The minimum Gasteiger partial charge on any atom is -0.323 e. The highest BCUT2D eigenvalue weighted by atomic mass is 35.5. The van der Waals surface area contributed by atoms with E-state index < -0.39 is 0 Å². The maximum Gasteiger partial charge on any atom is 0.125 e. The Morgan fingerprint density at radius 3 is 2.85 bits per heavy atom. The molecule has 1 heterocycles. The number of hydrogen-bond donors (Lipinski definition) is 0. The molecule has 0 bridgehead atoms. The van der Waals surface area contributed by atoms with Crippen molar-refractivity contribution in [3.05, 3.63) is 29.6 Å². The zero-order chi connectivity index (χ0) is 14.1. The Hall–Kier alpha value is -1.02. The van der Waals surface area contributed by atoms with Gasteiger partial charge in [0.1, 0.15) is 5.82 Å². The molecule has 0 N–H and O–H groups in total. The summed E-state index contributed by atoms with van der Waals surface area (Å²) in [6.07, 6.45) is 6.56. The second-order valence-electron chi connectivity index (χ2n) is 5.99. The smallest absolute Gasteiger partial charge is 0.125 e. The van der Waals surface area contributed by atoms with Crippen molar-refractivity contribution < 1.29 is 0 Å². The third kappa shape index (κ3) is 2.24. The van der Waals surface area contributed by atoms with Gasteiger partial charge in [-0.1, -0.05) is 38.3 Å². The van der Waals surface area contributed by atoms with Crippen LogP contribution in [-0.4, -0.2) is 9.55 Å². The van der Waals surface area contributed by atoms with Gasteiger partial charge in [-0.2, -0.15) is 0 Å². The van der Waals surface area contributed by atoms with Crippen LogP contribution < -0.4 is 0 Å². The van der Waals surface area contributed by atoms with E-state index in [0.29, 0.717) is 11.9 Å². The van der Waals surface area contributed by atoms with E-state index in [1.165, 1.54) is 43.2 Å². The summed E-state index contributed by atoms with van der Waals surface area (Å²) in [5.41, 5.74) is 3.71. The van der Waals surface area contributed by atoms with Crippen molar-refractivity contribution in [2.45, 2.75) is 57.9 Å². The minimum atomic E-state index is 0.501. The first-order valence-corrected chi connectivity index (χ1v) is 8.32. The number of aromatic nitrogens is 2. The fourth-order valence-corrected chi connectivity index (χ4v) is 4.01. The van der Waals surface area contributed by atoms with Crippen LogP contribution in [0.15, 0.2) is 18.2 Å². The first-order valence-electron chi connectivity index (χ1n) is 7.78. The second-order valence-corrected chi connectivity index (χ2v) is 6.26. The van der Waals surface area contributed by atoms with E-state index >= 15 is 0 Å². The lowest BCUT2D eigenvalue weighted by Crippen LogP contribution is -2.24. The van der Waals surface area contributed by atoms with Crippen molar-refractivity contribution >= 4 is 22.6 Å². The van der Waals surface area contributed by atoms with E-state index in [0.717, 1.165) is 17.3 Å². The fraction of sp³-hybridized carbons (Fsp3) is 0.588. The van der Waals surface area contributed by atoms with Gasteiger partial charge in [-0.05, 0) is 37.3 Å². The number of halogens is 1. The van der Waals surface area contributed by atoms with E-state index in [4.69, 9.17) is 16.6 Å². The summed E-state index contributed by atoms with van der Waals surface area (Å²) in [6, 6.07) is 6.96. The predicted octanol–water partition coefficient (Wildman–Crippen LogP) is 5.22. The van der Waals surface area contributed by atoms with Gasteiger partial charge in [0.05, 0.1) is 16.9 Å². The lowest BCUT2D eigenvalue weighted by atomic mass is 9.82. The maximum atomic E-state index is 6.18. The molecule has 0 spiro atoms. The summed E-state index contributed by atoms with van der Waals surface area (Å²) in [4.78, 5) is 4.77. The van der Waals surface area contributed by atoms with Crippen LogP contribution >= 0.6 is 11.6 Å². The Labute approximate surface area is 126 Å². The molecule has 1 aromatic heterocycles. The topological polar surface area (TPSA) is 17.8 Å². The van der Waals surface area contributed by atoms with Gasteiger partial charge in [-0.3, -0.25) is 0 Å². The zero-order valence-electron chi connectivity index (χ0n) is 12.4. The van der Waals surface area contributed by atoms with Crippen LogP contribution in [-0.2, 0) is 5.88 Å². The van der Waals surface area contributed by atoms with Crippen LogP contribution in [0.2, 0.25) is 0 Å². The van der Waals surface area contributed by atoms with Gasteiger partial charge in [0.15, 0.2) is 0 Å². The molecule has 3 heteroatoms. The zero-order valence-corrected chi connectivity index (χ0v) is 13.2. The molecule has 2 nitrogen and oxygen atoms in total. The number of hydrogen-bond acceptors (Lipinski definition) is 1. The lowest BCUT2D eigenvalue weighted by Gasteiger charge is -2.33. The summed E-state index contributed by atoms with van der Waals surface area (Å²) in [5.74, 6) is 2.31. The highest BCUT2D eigenvalue weighted by Gasteiger charge is 2.28. The Balaban J connectivity index is 2.17.